The van der Waals surface area contributed by atoms with Gasteiger partial charge < -0.3 is 10.1 Å². The Kier molecular flexibility index (Phi) is 3.44. The fraction of sp³-hybridized carbons (Fsp3) is 0.118. The quantitative estimate of drug-likeness (QED) is 0.771. The summed E-state index contributed by atoms with van der Waals surface area (Å²) in [5, 5.41) is 4.03. The molecule has 0 saturated carbocycles. The van der Waals surface area contributed by atoms with E-state index < -0.39 is 0 Å². The molecule has 0 amide bonds. The standard InChI is InChI=1S/C17H15FN2O/c1-11-10-15(20-14-8-4-3-7-13(14)18)12-6-5-9-16(21-2)17(12)19-11/h3-10H,1-2H3,(H,19,20). The van der Waals surface area contributed by atoms with E-state index in [0.717, 1.165) is 22.3 Å². The van der Waals surface area contributed by atoms with Crippen LogP contribution in [0.3, 0.4) is 0 Å². The second-order valence-corrected chi connectivity index (χ2v) is 4.77. The van der Waals surface area contributed by atoms with Crippen molar-refractivity contribution < 1.29 is 9.13 Å². The molecule has 0 bridgehead atoms. The lowest BCUT2D eigenvalue weighted by atomic mass is 10.1. The first kappa shape index (κ1) is 13.4. The largest absolute Gasteiger partial charge is 0.494 e. The monoisotopic (exact) mass is 282 g/mol. The summed E-state index contributed by atoms with van der Waals surface area (Å²) in [5.74, 6) is 0.413. The van der Waals surface area contributed by atoms with Crippen LogP contribution in [0, 0.1) is 12.7 Å². The summed E-state index contributed by atoms with van der Waals surface area (Å²) in [7, 11) is 1.61. The first-order chi connectivity index (χ1) is 10.2. The van der Waals surface area contributed by atoms with Gasteiger partial charge in [0.15, 0.2) is 0 Å². The molecule has 0 unspecified atom stereocenters. The summed E-state index contributed by atoms with van der Waals surface area (Å²) in [4.78, 5) is 4.51. The summed E-state index contributed by atoms with van der Waals surface area (Å²) in [5.41, 5.74) is 2.85. The summed E-state index contributed by atoms with van der Waals surface area (Å²) >= 11 is 0. The highest BCUT2D eigenvalue weighted by atomic mass is 19.1. The zero-order valence-corrected chi connectivity index (χ0v) is 11.9. The molecule has 0 fully saturated rings. The Balaban J connectivity index is 2.16. The number of hydrogen-bond acceptors (Lipinski definition) is 3. The number of nitrogens with one attached hydrogen (secondary N) is 1. The number of aromatic nitrogens is 1. The lowest BCUT2D eigenvalue weighted by molar-refractivity contribution is 0.419. The molecule has 0 spiro atoms. The third-order valence-corrected chi connectivity index (χ3v) is 3.29. The maximum Gasteiger partial charge on any atom is 0.146 e. The van der Waals surface area contributed by atoms with Gasteiger partial charge in [-0.1, -0.05) is 24.3 Å². The number of anilines is 2. The fourth-order valence-corrected chi connectivity index (χ4v) is 2.33. The smallest absolute Gasteiger partial charge is 0.146 e. The van der Waals surface area contributed by atoms with Gasteiger partial charge in [-0.25, -0.2) is 9.37 Å². The fourth-order valence-electron chi connectivity index (χ4n) is 2.33. The van der Waals surface area contributed by atoms with E-state index in [2.05, 4.69) is 10.3 Å². The number of fused-ring (bicyclic) bond motifs is 1. The Bertz CT molecular complexity index is 802. The van der Waals surface area contributed by atoms with E-state index in [-0.39, 0.29) is 5.82 Å². The van der Waals surface area contributed by atoms with E-state index in [0.29, 0.717) is 11.4 Å². The van der Waals surface area contributed by atoms with Crippen molar-refractivity contribution in [3.05, 3.63) is 60.0 Å². The van der Waals surface area contributed by atoms with Crippen LogP contribution < -0.4 is 10.1 Å². The number of halogens is 1. The van der Waals surface area contributed by atoms with Gasteiger partial charge in [-0.3, -0.25) is 0 Å². The van der Waals surface area contributed by atoms with Gasteiger partial charge in [0.05, 0.1) is 12.8 Å². The van der Waals surface area contributed by atoms with Gasteiger partial charge in [-0.2, -0.15) is 0 Å². The van der Waals surface area contributed by atoms with Crippen LogP contribution in [-0.2, 0) is 0 Å². The molecule has 0 atom stereocenters. The van der Waals surface area contributed by atoms with Crippen LogP contribution in [-0.4, -0.2) is 12.1 Å². The lowest BCUT2D eigenvalue weighted by Gasteiger charge is -2.13. The number of aryl methyl sites for hydroxylation is 1. The van der Waals surface area contributed by atoms with Crippen molar-refractivity contribution in [1.82, 2.24) is 4.98 Å². The van der Waals surface area contributed by atoms with Gasteiger partial charge in [-0.05, 0) is 31.2 Å². The SMILES string of the molecule is COc1cccc2c(Nc3ccccc3F)cc(C)nc12. The molecular formula is C17H15FN2O. The molecule has 3 aromatic rings. The Morgan fingerprint density at radius 1 is 1.05 bits per heavy atom. The average molecular weight is 282 g/mol. The molecular weight excluding hydrogens is 267 g/mol. The molecule has 0 aliphatic carbocycles. The van der Waals surface area contributed by atoms with Crippen LogP contribution in [0.2, 0.25) is 0 Å². The van der Waals surface area contributed by atoms with Crippen LogP contribution in [0.4, 0.5) is 15.8 Å². The highest BCUT2D eigenvalue weighted by molar-refractivity contribution is 5.96. The number of methoxy groups -OCH3 is 1. The van der Waals surface area contributed by atoms with Gasteiger partial charge in [0.2, 0.25) is 0 Å². The number of nitrogens with zero attached hydrogens (tertiary/aromatic N) is 1. The maximum absolute atomic E-state index is 13.8. The van der Waals surface area contributed by atoms with E-state index in [1.54, 1.807) is 25.3 Å². The van der Waals surface area contributed by atoms with Crippen LogP contribution in [0.15, 0.2) is 48.5 Å². The molecule has 0 aliphatic heterocycles. The van der Waals surface area contributed by atoms with Crippen molar-refractivity contribution in [2.75, 3.05) is 12.4 Å². The summed E-state index contributed by atoms with van der Waals surface area (Å²) in [6.45, 7) is 1.90. The van der Waals surface area contributed by atoms with Crippen molar-refractivity contribution >= 4 is 22.3 Å². The minimum absolute atomic E-state index is 0.289. The van der Waals surface area contributed by atoms with Gasteiger partial charge in [-0.15, -0.1) is 0 Å². The van der Waals surface area contributed by atoms with E-state index in [1.807, 2.05) is 31.2 Å². The predicted octanol–water partition coefficient (Wildman–Crippen LogP) is 4.43. The molecule has 0 saturated heterocycles. The van der Waals surface area contributed by atoms with Crippen molar-refractivity contribution in [2.45, 2.75) is 6.92 Å². The van der Waals surface area contributed by atoms with Crippen LogP contribution in [0.5, 0.6) is 5.75 Å². The predicted molar refractivity (Wildman–Crippen MR) is 82.7 cm³/mol. The van der Waals surface area contributed by atoms with Crippen molar-refractivity contribution in [2.24, 2.45) is 0 Å². The Morgan fingerprint density at radius 3 is 2.62 bits per heavy atom. The topological polar surface area (TPSA) is 34.1 Å². The minimum Gasteiger partial charge on any atom is -0.494 e. The van der Waals surface area contributed by atoms with E-state index in [1.165, 1.54) is 6.07 Å². The average Bonchev–Trinajstić information content (AvgIpc) is 2.49. The zero-order chi connectivity index (χ0) is 14.8. The lowest BCUT2D eigenvalue weighted by Crippen LogP contribution is -1.98. The molecule has 0 aliphatic rings. The molecule has 3 rings (SSSR count). The van der Waals surface area contributed by atoms with Crippen LogP contribution in [0.1, 0.15) is 5.69 Å². The summed E-state index contributed by atoms with van der Waals surface area (Å²) in [6, 6.07) is 14.2. The molecule has 1 heterocycles. The molecule has 1 N–H and O–H groups in total. The third-order valence-electron chi connectivity index (χ3n) is 3.29. The molecule has 1 aromatic heterocycles. The van der Waals surface area contributed by atoms with Gasteiger partial charge >= 0.3 is 0 Å². The minimum atomic E-state index is -0.289. The highest BCUT2D eigenvalue weighted by Crippen LogP contribution is 2.32. The molecule has 21 heavy (non-hydrogen) atoms. The van der Waals surface area contributed by atoms with Crippen LogP contribution in [0.25, 0.3) is 10.9 Å². The number of rotatable bonds is 3. The first-order valence-corrected chi connectivity index (χ1v) is 6.65. The molecule has 4 heteroatoms. The molecule has 0 radical (unpaired) electrons. The number of para-hydroxylation sites is 2. The van der Waals surface area contributed by atoms with Crippen LogP contribution >= 0.6 is 0 Å². The highest BCUT2D eigenvalue weighted by Gasteiger charge is 2.10. The normalized spacial score (nSPS) is 10.6. The number of pyridine rings is 1. The van der Waals surface area contributed by atoms with E-state index >= 15 is 0 Å². The molecule has 2 aromatic carbocycles. The third kappa shape index (κ3) is 2.52. The Labute approximate surface area is 122 Å². The second-order valence-electron chi connectivity index (χ2n) is 4.77. The Hall–Kier alpha value is -2.62. The summed E-state index contributed by atoms with van der Waals surface area (Å²) in [6.07, 6.45) is 0. The Morgan fingerprint density at radius 2 is 1.86 bits per heavy atom. The summed E-state index contributed by atoms with van der Waals surface area (Å²) < 4.78 is 19.2. The number of hydrogen-bond donors (Lipinski definition) is 1. The van der Waals surface area contributed by atoms with Crippen molar-refractivity contribution in [3.8, 4) is 5.75 Å². The second kappa shape index (κ2) is 5.40. The maximum atomic E-state index is 13.8. The van der Waals surface area contributed by atoms with Gasteiger partial charge in [0, 0.05) is 16.8 Å². The van der Waals surface area contributed by atoms with Gasteiger partial charge in [0.25, 0.3) is 0 Å². The first-order valence-electron chi connectivity index (χ1n) is 6.65. The number of benzene rings is 2. The number of ether oxygens (including phenoxy) is 1. The van der Waals surface area contributed by atoms with Crippen molar-refractivity contribution in [1.29, 1.82) is 0 Å². The van der Waals surface area contributed by atoms with Gasteiger partial charge in [0.1, 0.15) is 17.1 Å². The van der Waals surface area contributed by atoms with E-state index in [9.17, 15) is 4.39 Å². The molecule has 106 valence electrons. The van der Waals surface area contributed by atoms with E-state index in [4.69, 9.17) is 4.74 Å². The van der Waals surface area contributed by atoms with Crippen molar-refractivity contribution in [3.63, 3.8) is 0 Å². The zero-order valence-electron chi connectivity index (χ0n) is 11.9. The molecule has 3 nitrogen and oxygen atoms in total.